The number of ether oxygens (including phenoxy) is 1. The fourth-order valence-electron chi connectivity index (χ4n) is 3.58. The zero-order valence-corrected chi connectivity index (χ0v) is 21.2. The van der Waals surface area contributed by atoms with Crippen LogP contribution in [0.1, 0.15) is 36.1 Å². The molecule has 0 saturated heterocycles. The molecule has 0 saturated carbocycles. The molecular formula is C24H22ClF2N7O4. The zero-order valence-electron chi connectivity index (χ0n) is 20.4. The Labute approximate surface area is 220 Å². The number of pyridine rings is 1. The molecule has 0 fully saturated rings. The minimum atomic E-state index is -0.894. The van der Waals surface area contributed by atoms with Crippen LogP contribution in [0, 0.1) is 11.6 Å². The molecule has 3 heterocycles. The normalized spacial score (nSPS) is 11.6. The summed E-state index contributed by atoms with van der Waals surface area (Å²) in [5, 5.41) is 11.3. The molecule has 0 spiro atoms. The molecule has 1 atom stereocenters. The highest BCUT2D eigenvalue weighted by Gasteiger charge is 2.23. The largest absolute Gasteiger partial charge is 0.479 e. The van der Waals surface area contributed by atoms with E-state index in [0.29, 0.717) is 0 Å². The monoisotopic (exact) mass is 545 g/mol. The van der Waals surface area contributed by atoms with Crippen molar-refractivity contribution in [2.75, 3.05) is 13.7 Å². The predicted octanol–water partition coefficient (Wildman–Crippen LogP) is 4.30. The minimum Gasteiger partial charge on any atom is -0.479 e. The highest BCUT2D eigenvalue weighted by atomic mass is 35.5. The summed E-state index contributed by atoms with van der Waals surface area (Å²) in [4.78, 5) is 29.3. The van der Waals surface area contributed by atoms with Crippen molar-refractivity contribution < 1.29 is 27.6 Å². The second-order valence-electron chi connectivity index (χ2n) is 7.92. The minimum absolute atomic E-state index is 0.0763. The number of urea groups is 1. The Hall–Kier alpha value is -4.52. The molecule has 0 aliphatic heterocycles. The van der Waals surface area contributed by atoms with Crippen LogP contribution in [-0.2, 0) is 0 Å². The number of nitrogens with zero attached hydrogens (tertiary/aromatic N) is 5. The van der Waals surface area contributed by atoms with E-state index >= 15 is 4.39 Å². The molecule has 38 heavy (non-hydrogen) atoms. The Morgan fingerprint density at radius 2 is 2.03 bits per heavy atom. The molecule has 3 aromatic heterocycles. The van der Waals surface area contributed by atoms with Gasteiger partial charge in [0, 0.05) is 41.3 Å². The van der Waals surface area contributed by atoms with Gasteiger partial charge in [-0.3, -0.25) is 15.2 Å². The van der Waals surface area contributed by atoms with E-state index in [-0.39, 0.29) is 45.7 Å². The van der Waals surface area contributed by atoms with Crippen LogP contribution in [0.15, 0.2) is 53.4 Å². The predicted molar refractivity (Wildman–Crippen MR) is 132 cm³/mol. The van der Waals surface area contributed by atoms with Crippen molar-refractivity contribution >= 4 is 23.5 Å². The number of nitrogens with one attached hydrogen (secondary N) is 2. The van der Waals surface area contributed by atoms with Crippen molar-refractivity contribution in [1.82, 2.24) is 35.7 Å². The molecular weight excluding hydrogens is 524 g/mol. The third-order valence-corrected chi connectivity index (χ3v) is 5.63. The molecule has 11 nitrogen and oxygen atoms in total. The van der Waals surface area contributed by atoms with E-state index < -0.39 is 29.6 Å². The fourth-order valence-corrected chi connectivity index (χ4v) is 3.78. The van der Waals surface area contributed by atoms with E-state index in [1.807, 2.05) is 0 Å². The first-order chi connectivity index (χ1) is 18.2. The van der Waals surface area contributed by atoms with Gasteiger partial charge < -0.3 is 14.6 Å². The quantitative estimate of drug-likeness (QED) is 0.331. The third-order valence-electron chi connectivity index (χ3n) is 5.41. The van der Waals surface area contributed by atoms with E-state index in [2.05, 4.69) is 26.0 Å². The summed E-state index contributed by atoms with van der Waals surface area (Å²) < 4.78 is 41.0. The molecule has 4 rings (SSSR count). The van der Waals surface area contributed by atoms with Gasteiger partial charge in [-0.15, -0.1) is 0 Å². The zero-order chi connectivity index (χ0) is 27.4. The van der Waals surface area contributed by atoms with Crippen LogP contribution in [0.3, 0.4) is 0 Å². The average Bonchev–Trinajstić information content (AvgIpc) is 3.59. The van der Waals surface area contributed by atoms with Crippen LogP contribution in [0.25, 0.3) is 16.8 Å². The fraction of sp³-hybridized carbons (Fsp3) is 0.208. The van der Waals surface area contributed by atoms with Gasteiger partial charge in [0.2, 0.25) is 5.76 Å². The highest BCUT2D eigenvalue weighted by molar-refractivity contribution is 6.31. The first kappa shape index (κ1) is 26.5. The van der Waals surface area contributed by atoms with Crippen LogP contribution in [0.2, 0.25) is 5.02 Å². The molecule has 0 aliphatic rings. The molecule has 14 heteroatoms. The second kappa shape index (κ2) is 11.3. The number of benzene rings is 1. The maximum Gasteiger partial charge on any atom is 0.336 e. The summed E-state index contributed by atoms with van der Waals surface area (Å²) >= 11 is 6.06. The van der Waals surface area contributed by atoms with E-state index in [4.69, 9.17) is 20.9 Å². The molecule has 4 aromatic rings. The van der Waals surface area contributed by atoms with Crippen molar-refractivity contribution in [2.24, 2.45) is 0 Å². The van der Waals surface area contributed by atoms with Crippen molar-refractivity contribution in [2.45, 2.75) is 19.9 Å². The van der Waals surface area contributed by atoms with E-state index in [0.717, 1.165) is 11.1 Å². The first-order valence-corrected chi connectivity index (χ1v) is 11.6. The Balaban J connectivity index is 1.52. The van der Waals surface area contributed by atoms with Crippen molar-refractivity contribution in [3.63, 3.8) is 0 Å². The van der Waals surface area contributed by atoms with Gasteiger partial charge in [0.25, 0.3) is 5.88 Å². The van der Waals surface area contributed by atoms with Crippen LogP contribution in [0.4, 0.5) is 13.6 Å². The lowest BCUT2D eigenvalue weighted by molar-refractivity contribution is 0.0791. The van der Waals surface area contributed by atoms with Gasteiger partial charge in [-0.2, -0.15) is 5.10 Å². The summed E-state index contributed by atoms with van der Waals surface area (Å²) in [6.45, 7) is 3.23. The number of carbonyl (C=O) groups excluding carboxylic acids is 2. The number of hydrazine groups is 1. The lowest BCUT2D eigenvalue weighted by Crippen LogP contribution is -2.51. The number of aromatic nitrogens is 4. The van der Waals surface area contributed by atoms with Gasteiger partial charge in [0.15, 0.2) is 5.82 Å². The number of methoxy groups -OCH3 is 1. The number of hydrogen-bond acceptors (Lipinski definition) is 7. The average molecular weight is 546 g/mol. The standard InChI is InChI=1S/C24H22ClF2N7O4/c1-4-33(31-23(35)19-11-20(37-3)32-38-19)24(36)30-13(2)21-17(26)8-14(12-28-21)16-9-15(25)10-18(27)22(16)34-7-5-6-29-34/h5-13H,4H2,1-3H3,(H,30,36)(H,31,35). The molecule has 0 aliphatic carbocycles. The molecule has 0 bridgehead atoms. The molecule has 3 amide bonds. The molecule has 1 aromatic carbocycles. The topological polar surface area (TPSA) is 127 Å². The highest BCUT2D eigenvalue weighted by Crippen LogP contribution is 2.32. The van der Waals surface area contributed by atoms with E-state index in [9.17, 15) is 14.0 Å². The molecule has 0 radical (unpaired) electrons. The van der Waals surface area contributed by atoms with Gasteiger partial charge in [0.05, 0.1) is 24.9 Å². The number of rotatable bonds is 7. The molecule has 1 unspecified atom stereocenters. The van der Waals surface area contributed by atoms with Crippen LogP contribution >= 0.6 is 11.6 Å². The summed E-state index contributed by atoms with van der Waals surface area (Å²) in [7, 11) is 1.36. The SMILES string of the molecule is CCN(NC(=O)c1cc(OC)no1)C(=O)NC(C)c1ncc(-c2cc(Cl)cc(F)c2-n2cccn2)cc1F. The Kier molecular flexibility index (Phi) is 7.86. The van der Waals surface area contributed by atoms with E-state index in [1.165, 1.54) is 49.3 Å². The van der Waals surface area contributed by atoms with Gasteiger partial charge >= 0.3 is 11.9 Å². The number of halogens is 3. The van der Waals surface area contributed by atoms with Crippen LogP contribution in [-0.4, -0.2) is 50.5 Å². The lowest BCUT2D eigenvalue weighted by Gasteiger charge is -2.24. The van der Waals surface area contributed by atoms with Crippen molar-refractivity contribution in [3.8, 4) is 22.7 Å². The Morgan fingerprint density at radius 3 is 2.66 bits per heavy atom. The molecule has 2 N–H and O–H groups in total. The Bertz CT molecular complexity index is 1460. The third kappa shape index (κ3) is 5.57. The Morgan fingerprint density at radius 1 is 1.24 bits per heavy atom. The van der Waals surface area contributed by atoms with Gasteiger partial charge in [-0.1, -0.05) is 11.6 Å². The van der Waals surface area contributed by atoms with Crippen molar-refractivity contribution in [3.05, 3.63) is 77.0 Å². The van der Waals surface area contributed by atoms with E-state index in [1.54, 1.807) is 19.2 Å². The number of carbonyl (C=O) groups is 2. The lowest BCUT2D eigenvalue weighted by atomic mass is 10.0. The second-order valence-corrected chi connectivity index (χ2v) is 8.35. The van der Waals surface area contributed by atoms with Gasteiger partial charge in [-0.05, 0) is 43.3 Å². The van der Waals surface area contributed by atoms with Crippen molar-refractivity contribution in [1.29, 1.82) is 0 Å². The smallest absolute Gasteiger partial charge is 0.336 e. The summed E-state index contributed by atoms with van der Waals surface area (Å²) in [5.41, 5.74) is 2.90. The van der Waals surface area contributed by atoms with Crippen LogP contribution < -0.4 is 15.5 Å². The van der Waals surface area contributed by atoms with Crippen LogP contribution in [0.5, 0.6) is 5.88 Å². The first-order valence-electron chi connectivity index (χ1n) is 11.3. The number of hydrogen-bond donors (Lipinski definition) is 2. The summed E-state index contributed by atoms with van der Waals surface area (Å²) in [6.07, 6.45) is 4.37. The summed E-state index contributed by atoms with van der Waals surface area (Å²) in [6, 6.07) is 5.05. The van der Waals surface area contributed by atoms with Gasteiger partial charge in [0.1, 0.15) is 11.5 Å². The molecule has 198 valence electrons. The van der Waals surface area contributed by atoms with Gasteiger partial charge in [-0.25, -0.2) is 23.3 Å². The maximum absolute atomic E-state index is 15.2. The summed E-state index contributed by atoms with van der Waals surface area (Å²) in [5.74, 6) is -2.20. The maximum atomic E-state index is 15.2. The number of amides is 3.